The molecule has 2 rings (SSSR count). The highest BCUT2D eigenvalue weighted by Crippen LogP contribution is 2.27. The summed E-state index contributed by atoms with van der Waals surface area (Å²) in [6.45, 7) is 8.90. The second kappa shape index (κ2) is 9.73. The Morgan fingerprint density at radius 1 is 0.955 bits per heavy atom. The van der Waals surface area contributed by atoms with Gasteiger partial charge >= 0.3 is 0 Å². The Labute approximate surface area is 135 Å². The van der Waals surface area contributed by atoms with Gasteiger partial charge in [-0.15, -0.1) is 0 Å². The summed E-state index contributed by atoms with van der Waals surface area (Å²) >= 11 is 0. The summed E-state index contributed by atoms with van der Waals surface area (Å²) in [6.07, 6.45) is 8.23. The summed E-state index contributed by atoms with van der Waals surface area (Å²) < 4.78 is 11.7. The molecule has 1 N–H and O–H groups in total. The van der Waals surface area contributed by atoms with Gasteiger partial charge in [0.2, 0.25) is 0 Å². The number of hydrogen-bond acceptors (Lipinski definition) is 2. The highest BCUT2D eigenvalue weighted by atomic mass is 16.5. The van der Waals surface area contributed by atoms with Crippen LogP contribution >= 0.6 is 0 Å². The van der Waals surface area contributed by atoms with Crippen molar-refractivity contribution in [2.24, 2.45) is 0 Å². The molecule has 0 bridgehead atoms. The van der Waals surface area contributed by atoms with Crippen molar-refractivity contribution >= 4 is 0 Å². The van der Waals surface area contributed by atoms with Gasteiger partial charge in [0, 0.05) is 0 Å². The molecule has 0 amide bonds. The average Bonchev–Trinajstić information content (AvgIpc) is 2.77. The number of ether oxygens (including phenoxy) is 2. The molecule has 1 fully saturated rings. The molecule has 0 saturated carbocycles. The Bertz CT molecular complexity index is 412. The molecule has 0 aromatic heterocycles. The van der Waals surface area contributed by atoms with Gasteiger partial charge in [0.1, 0.15) is 0 Å². The fourth-order valence-corrected chi connectivity index (χ4v) is 3.06. The molecule has 0 aliphatic carbocycles. The maximum absolute atomic E-state index is 5.92. The Morgan fingerprint density at radius 2 is 1.64 bits per heavy atom. The van der Waals surface area contributed by atoms with E-state index in [-0.39, 0.29) is 6.10 Å². The Balaban J connectivity index is 1.66. The van der Waals surface area contributed by atoms with Crippen LogP contribution in [0.1, 0.15) is 52.4 Å². The molecule has 124 valence electrons. The molecule has 1 aromatic carbocycles. The van der Waals surface area contributed by atoms with E-state index in [2.05, 4.69) is 0 Å². The maximum Gasteiger partial charge on any atom is 0.161 e. The summed E-state index contributed by atoms with van der Waals surface area (Å²) in [6, 6.07) is 7.98. The predicted octanol–water partition coefficient (Wildman–Crippen LogP) is 3.09. The first-order valence-electron chi connectivity index (χ1n) is 8.98. The minimum absolute atomic E-state index is 0.177. The smallest absolute Gasteiger partial charge is 0.161 e. The lowest BCUT2D eigenvalue weighted by Crippen LogP contribution is -3.11. The summed E-state index contributed by atoms with van der Waals surface area (Å²) in [4.78, 5) is 1.79. The third kappa shape index (κ3) is 6.27. The molecule has 0 radical (unpaired) electrons. The number of likely N-dealkylation sites (tertiary alicyclic amines) is 1. The molecule has 1 saturated heterocycles. The van der Waals surface area contributed by atoms with Gasteiger partial charge in [-0.1, -0.05) is 12.1 Å². The first kappa shape index (κ1) is 17.1. The van der Waals surface area contributed by atoms with E-state index < -0.39 is 0 Å². The molecular formula is C19H32NO2+. The lowest BCUT2D eigenvalue weighted by molar-refractivity contribution is -0.899. The molecule has 3 nitrogen and oxygen atoms in total. The van der Waals surface area contributed by atoms with Crippen molar-refractivity contribution in [1.29, 1.82) is 0 Å². The Hall–Kier alpha value is -1.22. The van der Waals surface area contributed by atoms with E-state index in [1.54, 1.807) is 4.90 Å². The van der Waals surface area contributed by atoms with Crippen molar-refractivity contribution in [1.82, 2.24) is 0 Å². The predicted molar refractivity (Wildman–Crippen MR) is 91.0 cm³/mol. The highest BCUT2D eigenvalue weighted by Gasteiger charge is 2.11. The molecule has 1 heterocycles. The van der Waals surface area contributed by atoms with Gasteiger partial charge in [-0.2, -0.15) is 0 Å². The van der Waals surface area contributed by atoms with Crippen LogP contribution in [-0.4, -0.2) is 32.3 Å². The quantitative estimate of drug-likeness (QED) is 0.746. The topological polar surface area (TPSA) is 22.9 Å². The largest absolute Gasteiger partial charge is 0.490 e. The molecule has 22 heavy (non-hydrogen) atoms. The molecule has 1 aromatic rings. The van der Waals surface area contributed by atoms with Gasteiger partial charge in [-0.25, -0.2) is 0 Å². The lowest BCUT2D eigenvalue weighted by Gasteiger charge is -2.17. The third-order valence-electron chi connectivity index (χ3n) is 4.20. The second-order valence-electron chi connectivity index (χ2n) is 6.58. The molecule has 3 heteroatoms. The van der Waals surface area contributed by atoms with E-state index in [0.717, 1.165) is 24.5 Å². The van der Waals surface area contributed by atoms with Crippen LogP contribution in [0.4, 0.5) is 0 Å². The normalized spacial score (nSPS) is 16.5. The van der Waals surface area contributed by atoms with Crippen molar-refractivity contribution in [3.8, 4) is 11.5 Å². The monoisotopic (exact) mass is 306 g/mol. The molecular weight excluding hydrogens is 274 g/mol. The molecule has 1 aliphatic heterocycles. The molecule has 0 atom stereocenters. The highest BCUT2D eigenvalue weighted by molar-refractivity contribution is 5.39. The summed E-state index contributed by atoms with van der Waals surface area (Å²) in [5.74, 6) is 1.73. The number of quaternary nitrogens is 1. The molecule has 1 aliphatic rings. The van der Waals surface area contributed by atoms with Crippen LogP contribution in [0.25, 0.3) is 0 Å². The Kier molecular flexibility index (Phi) is 7.58. The number of nitrogens with one attached hydrogen (secondary N) is 1. The van der Waals surface area contributed by atoms with Crippen LogP contribution < -0.4 is 14.4 Å². The zero-order valence-electron chi connectivity index (χ0n) is 14.3. The van der Waals surface area contributed by atoms with Crippen molar-refractivity contribution in [2.45, 2.75) is 58.5 Å². The first-order chi connectivity index (χ1) is 10.8. The van der Waals surface area contributed by atoms with E-state index in [0.29, 0.717) is 0 Å². The van der Waals surface area contributed by atoms with E-state index in [4.69, 9.17) is 9.47 Å². The van der Waals surface area contributed by atoms with Gasteiger partial charge < -0.3 is 14.4 Å². The van der Waals surface area contributed by atoms with Gasteiger partial charge in [-0.3, -0.25) is 0 Å². The van der Waals surface area contributed by atoms with Gasteiger partial charge in [0.25, 0.3) is 0 Å². The fourth-order valence-electron chi connectivity index (χ4n) is 3.06. The standard InChI is InChI=1S/C19H31NO2/c1-17(2)22-19-12-6-5-11-18(19)21-16-10-9-15-20-13-7-3-4-8-14-20/h5-6,11-12,17H,3-4,7-10,13-16H2,1-2H3/p+1. The SMILES string of the molecule is CC(C)Oc1ccccc1OCCCC[NH+]1CCCCCC1. The fraction of sp³-hybridized carbons (Fsp3) is 0.684. The van der Waals surface area contributed by atoms with Crippen LogP contribution in [-0.2, 0) is 0 Å². The molecule has 0 unspecified atom stereocenters. The first-order valence-corrected chi connectivity index (χ1v) is 8.98. The van der Waals surface area contributed by atoms with Crippen LogP contribution in [0, 0.1) is 0 Å². The van der Waals surface area contributed by atoms with Crippen LogP contribution in [0.15, 0.2) is 24.3 Å². The minimum Gasteiger partial charge on any atom is -0.490 e. The van der Waals surface area contributed by atoms with Crippen molar-refractivity contribution in [3.63, 3.8) is 0 Å². The van der Waals surface area contributed by atoms with E-state index in [1.165, 1.54) is 51.7 Å². The van der Waals surface area contributed by atoms with Gasteiger partial charge in [0.05, 0.1) is 32.3 Å². The number of unbranched alkanes of at least 4 members (excludes halogenated alkanes) is 1. The lowest BCUT2D eigenvalue weighted by atomic mass is 10.2. The van der Waals surface area contributed by atoms with Gasteiger partial charge in [-0.05, 0) is 64.5 Å². The van der Waals surface area contributed by atoms with Crippen molar-refractivity contribution < 1.29 is 14.4 Å². The minimum atomic E-state index is 0.177. The van der Waals surface area contributed by atoms with E-state index in [9.17, 15) is 0 Å². The van der Waals surface area contributed by atoms with E-state index in [1.807, 2.05) is 38.1 Å². The zero-order chi connectivity index (χ0) is 15.6. The maximum atomic E-state index is 5.92. The number of hydrogen-bond donors (Lipinski definition) is 1. The van der Waals surface area contributed by atoms with Crippen LogP contribution in [0.2, 0.25) is 0 Å². The van der Waals surface area contributed by atoms with Crippen molar-refractivity contribution in [3.05, 3.63) is 24.3 Å². The van der Waals surface area contributed by atoms with E-state index >= 15 is 0 Å². The zero-order valence-corrected chi connectivity index (χ0v) is 14.3. The third-order valence-corrected chi connectivity index (χ3v) is 4.20. The van der Waals surface area contributed by atoms with Crippen molar-refractivity contribution in [2.75, 3.05) is 26.2 Å². The van der Waals surface area contributed by atoms with Gasteiger partial charge in [0.15, 0.2) is 11.5 Å². The molecule has 0 spiro atoms. The second-order valence-corrected chi connectivity index (χ2v) is 6.58. The number of para-hydroxylation sites is 2. The Morgan fingerprint density at radius 3 is 2.32 bits per heavy atom. The summed E-state index contributed by atoms with van der Waals surface area (Å²) in [5, 5.41) is 0. The summed E-state index contributed by atoms with van der Waals surface area (Å²) in [7, 11) is 0. The summed E-state index contributed by atoms with van der Waals surface area (Å²) in [5.41, 5.74) is 0. The van der Waals surface area contributed by atoms with Crippen LogP contribution in [0.3, 0.4) is 0 Å². The average molecular weight is 306 g/mol. The number of benzene rings is 1. The number of rotatable bonds is 8. The van der Waals surface area contributed by atoms with Crippen LogP contribution in [0.5, 0.6) is 11.5 Å².